The zero-order valence-electron chi connectivity index (χ0n) is 21.1. The van der Waals surface area contributed by atoms with Crippen molar-refractivity contribution >= 4 is 23.2 Å². The van der Waals surface area contributed by atoms with E-state index in [1.54, 1.807) is 6.33 Å². The van der Waals surface area contributed by atoms with Gasteiger partial charge in [0.05, 0.1) is 25.1 Å². The van der Waals surface area contributed by atoms with Crippen LogP contribution in [0.3, 0.4) is 0 Å². The van der Waals surface area contributed by atoms with Gasteiger partial charge in [-0.15, -0.1) is 0 Å². The van der Waals surface area contributed by atoms with Crippen LogP contribution in [0.15, 0.2) is 43.0 Å². The van der Waals surface area contributed by atoms with E-state index in [0.29, 0.717) is 17.7 Å². The number of piperidine rings is 1. The van der Waals surface area contributed by atoms with Crippen molar-refractivity contribution in [2.24, 2.45) is 0 Å². The summed E-state index contributed by atoms with van der Waals surface area (Å²) in [6.45, 7) is 5.44. The highest BCUT2D eigenvalue weighted by atomic mass is 35.5. The molecule has 8 heteroatoms. The summed E-state index contributed by atoms with van der Waals surface area (Å²) in [6, 6.07) is 8.42. The molecule has 1 saturated carbocycles. The molecule has 0 spiro atoms. The summed E-state index contributed by atoms with van der Waals surface area (Å²) < 4.78 is 0.753. The number of nitrogens with one attached hydrogen (secondary N) is 2. The van der Waals surface area contributed by atoms with Crippen LogP contribution < -0.4 is 20.9 Å². The monoisotopic (exact) mass is 508 g/mol. The lowest BCUT2D eigenvalue weighted by Crippen LogP contribution is -2.78. The molecule has 1 aliphatic carbocycles. The van der Waals surface area contributed by atoms with E-state index in [4.69, 9.17) is 22.3 Å². The van der Waals surface area contributed by atoms with Gasteiger partial charge in [0, 0.05) is 36.8 Å². The fraction of sp³-hybridized carbons (Fsp3) is 0.571. The minimum atomic E-state index is -0.346. The Morgan fingerprint density at radius 3 is 2.42 bits per heavy atom. The van der Waals surface area contributed by atoms with E-state index in [1.807, 2.05) is 6.07 Å². The largest absolute Gasteiger partial charge is 0.383 e. The zero-order chi connectivity index (χ0) is 24.6. The first-order valence-corrected chi connectivity index (χ1v) is 14.1. The minimum absolute atomic E-state index is 0.346. The summed E-state index contributed by atoms with van der Waals surface area (Å²) in [7, 11) is 0. The molecule has 0 radical (unpaired) electrons. The van der Waals surface area contributed by atoms with Crippen LogP contribution in [0, 0.1) is 0 Å². The maximum atomic E-state index is 6.61. The molecule has 1 aromatic carbocycles. The Kier molecular flexibility index (Phi) is 6.56. The van der Waals surface area contributed by atoms with Gasteiger partial charge in [-0.2, -0.15) is 4.98 Å². The third-order valence-electron chi connectivity index (χ3n) is 9.30. The normalized spacial score (nSPS) is 28.0. The lowest BCUT2D eigenvalue weighted by Gasteiger charge is -2.54. The van der Waals surface area contributed by atoms with Crippen molar-refractivity contribution < 1.29 is 0 Å². The Hall–Kier alpha value is -2.35. The second-order valence-corrected chi connectivity index (χ2v) is 11.6. The lowest BCUT2D eigenvalue weighted by atomic mass is 9.79. The highest BCUT2D eigenvalue weighted by Crippen LogP contribution is 2.49. The molecular weight excluding hydrogens is 470 g/mol. The molecule has 3 fully saturated rings. The second kappa shape index (κ2) is 9.84. The molecule has 0 unspecified atom stereocenters. The Morgan fingerprint density at radius 1 is 1.00 bits per heavy atom. The Balaban J connectivity index is 1.39. The van der Waals surface area contributed by atoms with E-state index in [2.05, 4.69) is 51.1 Å². The van der Waals surface area contributed by atoms with Gasteiger partial charge in [-0.3, -0.25) is 0 Å². The summed E-state index contributed by atoms with van der Waals surface area (Å²) >= 11 is 6.37. The smallest absolute Gasteiger partial charge is 0.257 e. The van der Waals surface area contributed by atoms with Crippen LogP contribution in [0.4, 0.5) is 11.6 Å². The van der Waals surface area contributed by atoms with Gasteiger partial charge in [-0.1, -0.05) is 30.2 Å². The number of aromatic nitrogens is 2. The van der Waals surface area contributed by atoms with Crippen molar-refractivity contribution in [2.75, 3.05) is 38.5 Å². The Bertz CT molecular complexity index is 1090. The first-order chi connectivity index (χ1) is 17.6. The molecule has 192 valence electrons. The highest BCUT2D eigenvalue weighted by molar-refractivity contribution is 6.30. The van der Waals surface area contributed by atoms with E-state index in [1.165, 1.54) is 56.3 Å². The van der Waals surface area contributed by atoms with Crippen LogP contribution in [0.2, 0.25) is 5.02 Å². The van der Waals surface area contributed by atoms with Crippen molar-refractivity contribution in [1.82, 2.24) is 30.0 Å². The molecule has 0 bridgehead atoms. The molecule has 4 N–H and O–H groups in total. The van der Waals surface area contributed by atoms with Crippen LogP contribution in [0.5, 0.6) is 0 Å². The zero-order valence-corrected chi connectivity index (χ0v) is 21.9. The fourth-order valence-corrected chi connectivity index (χ4v) is 7.24. The SMILES string of the molecule is Nc1ncnc([N+]2(C3(CCN4CCCC4)NC=CN3)CCC(c3cccc(Cl)c3)CC2)c1C1CCC1. The molecular formula is C28H39ClN7+. The molecule has 0 amide bonds. The molecule has 0 atom stereocenters. The van der Waals surface area contributed by atoms with Crippen molar-refractivity contribution in [3.63, 3.8) is 0 Å². The molecule has 2 aromatic rings. The van der Waals surface area contributed by atoms with Crippen molar-refractivity contribution in [1.29, 1.82) is 0 Å². The standard InChI is InChI=1S/C28H39ClN7/c29-24-8-4-7-23(19-24)21-9-17-36(18-10-21,27-25(22-5-3-6-22)26(30)31-20-32-27)28(33-12-13-34-28)11-16-35-14-1-2-15-35/h4,7-8,12-13,19-22,33-34H,1-3,5-6,9-11,14-18H2,(H2,30,31,32)/q+1. The first-order valence-electron chi connectivity index (χ1n) is 13.8. The van der Waals surface area contributed by atoms with E-state index in [-0.39, 0.29) is 5.79 Å². The number of nitrogen functional groups attached to an aromatic ring is 1. The first kappa shape index (κ1) is 24.0. The van der Waals surface area contributed by atoms with E-state index >= 15 is 0 Å². The summed E-state index contributed by atoms with van der Waals surface area (Å²) in [4.78, 5) is 12.1. The number of benzene rings is 1. The molecule has 36 heavy (non-hydrogen) atoms. The maximum absolute atomic E-state index is 6.61. The summed E-state index contributed by atoms with van der Waals surface area (Å²) in [5.41, 5.74) is 9.15. The topological polar surface area (TPSA) is 79.1 Å². The van der Waals surface area contributed by atoms with Gasteiger partial charge in [0.2, 0.25) is 5.82 Å². The molecule has 4 heterocycles. The van der Waals surface area contributed by atoms with Crippen molar-refractivity contribution in [2.45, 2.75) is 69.0 Å². The van der Waals surface area contributed by atoms with Crippen LogP contribution >= 0.6 is 11.6 Å². The number of likely N-dealkylation sites (tertiary alicyclic amines) is 2. The average molecular weight is 509 g/mol. The molecule has 6 rings (SSSR count). The van der Waals surface area contributed by atoms with Crippen LogP contribution in [-0.2, 0) is 0 Å². The second-order valence-electron chi connectivity index (χ2n) is 11.1. The van der Waals surface area contributed by atoms with E-state index in [9.17, 15) is 0 Å². The van der Waals surface area contributed by atoms with Gasteiger partial charge in [0.25, 0.3) is 5.79 Å². The number of hydrogen-bond acceptors (Lipinski definition) is 6. The minimum Gasteiger partial charge on any atom is -0.383 e. The van der Waals surface area contributed by atoms with Crippen molar-refractivity contribution in [3.8, 4) is 0 Å². The molecule has 3 aliphatic heterocycles. The molecule has 2 saturated heterocycles. The van der Waals surface area contributed by atoms with Gasteiger partial charge in [-0.05, 0) is 68.3 Å². The van der Waals surface area contributed by atoms with Crippen LogP contribution in [0.25, 0.3) is 0 Å². The average Bonchev–Trinajstić information content (AvgIpc) is 3.56. The van der Waals surface area contributed by atoms with Gasteiger partial charge < -0.3 is 21.3 Å². The van der Waals surface area contributed by atoms with Gasteiger partial charge in [0.1, 0.15) is 12.1 Å². The number of anilines is 1. The molecule has 7 nitrogen and oxygen atoms in total. The number of hydrogen-bond donors (Lipinski definition) is 3. The Morgan fingerprint density at radius 2 is 1.75 bits per heavy atom. The summed E-state index contributed by atoms with van der Waals surface area (Å²) in [6.07, 6.45) is 15.2. The molecule has 1 aromatic heterocycles. The van der Waals surface area contributed by atoms with Gasteiger partial charge in [0.15, 0.2) is 0 Å². The Labute approximate surface area is 219 Å². The van der Waals surface area contributed by atoms with Crippen LogP contribution in [-0.4, -0.2) is 53.4 Å². The number of quaternary nitrogens is 1. The number of nitrogens with two attached hydrogens (primary N) is 1. The highest BCUT2D eigenvalue weighted by Gasteiger charge is 2.57. The lowest BCUT2D eigenvalue weighted by molar-refractivity contribution is 0.0206. The predicted octanol–water partition coefficient (Wildman–Crippen LogP) is 4.67. The van der Waals surface area contributed by atoms with E-state index < -0.39 is 0 Å². The predicted molar refractivity (Wildman–Crippen MR) is 146 cm³/mol. The van der Waals surface area contributed by atoms with Gasteiger partial charge >= 0.3 is 0 Å². The summed E-state index contributed by atoms with van der Waals surface area (Å²) in [5, 5.41) is 8.46. The summed E-state index contributed by atoms with van der Waals surface area (Å²) in [5.74, 6) is 2.40. The van der Waals surface area contributed by atoms with Crippen LogP contribution in [0.1, 0.15) is 74.3 Å². The third kappa shape index (κ3) is 4.15. The van der Waals surface area contributed by atoms with Crippen molar-refractivity contribution in [3.05, 3.63) is 59.1 Å². The maximum Gasteiger partial charge on any atom is 0.257 e. The number of nitrogens with zero attached hydrogens (tertiary/aromatic N) is 4. The number of rotatable bonds is 7. The van der Waals surface area contributed by atoms with E-state index in [0.717, 1.165) is 54.2 Å². The van der Waals surface area contributed by atoms with Gasteiger partial charge in [-0.25, -0.2) is 9.47 Å². The third-order valence-corrected chi connectivity index (χ3v) is 9.53. The number of halogens is 1. The molecule has 4 aliphatic rings. The quantitative estimate of drug-likeness (QED) is 0.472. The fourth-order valence-electron chi connectivity index (χ4n) is 7.04.